The molecule has 1 fully saturated rings. The first kappa shape index (κ1) is 19.1. The number of para-hydroxylation sites is 2. The van der Waals surface area contributed by atoms with Crippen molar-refractivity contribution < 1.29 is 14.3 Å². The zero-order chi connectivity index (χ0) is 19.3. The number of nitrogens with one attached hydrogen (secondary N) is 1. The zero-order valence-corrected chi connectivity index (χ0v) is 16.5. The van der Waals surface area contributed by atoms with E-state index in [1.165, 1.54) is 5.56 Å². The Morgan fingerprint density at radius 3 is 2.68 bits per heavy atom. The lowest BCUT2D eigenvalue weighted by Crippen LogP contribution is -2.45. The summed E-state index contributed by atoms with van der Waals surface area (Å²) in [7, 11) is 0. The number of benzene rings is 2. The number of nitrogens with zero attached hydrogens (tertiary/aromatic N) is 1. The molecule has 2 aliphatic heterocycles. The molecule has 1 N–H and O–H groups in total. The van der Waals surface area contributed by atoms with Crippen LogP contribution in [-0.4, -0.2) is 43.2 Å². The fraction of sp³-hybridized carbons (Fsp3) is 0.409. The Kier molecular flexibility index (Phi) is 6.03. The Morgan fingerprint density at radius 1 is 1.11 bits per heavy atom. The van der Waals surface area contributed by atoms with Crippen molar-refractivity contribution in [3.05, 3.63) is 59.1 Å². The third-order valence-electron chi connectivity index (χ3n) is 5.33. The summed E-state index contributed by atoms with van der Waals surface area (Å²) >= 11 is 6.06. The van der Waals surface area contributed by atoms with E-state index in [2.05, 4.69) is 16.3 Å². The molecule has 4 rings (SSSR count). The Hall–Kier alpha value is -2.24. The van der Waals surface area contributed by atoms with Crippen LogP contribution in [-0.2, 0) is 11.3 Å². The minimum atomic E-state index is -0.151. The second kappa shape index (κ2) is 8.84. The Bertz CT molecular complexity index is 821. The molecule has 0 aromatic heterocycles. The lowest BCUT2D eigenvalue weighted by molar-refractivity contribution is -0.127. The van der Waals surface area contributed by atoms with E-state index in [4.69, 9.17) is 21.1 Å². The fourth-order valence-electron chi connectivity index (χ4n) is 3.77. The number of hydrogen-bond acceptors (Lipinski definition) is 4. The number of hydrogen-bond donors (Lipinski definition) is 1. The summed E-state index contributed by atoms with van der Waals surface area (Å²) < 4.78 is 11.6. The first-order valence-electron chi connectivity index (χ1n) is 9.80. The van der Waals surface area contributed by atoms with E-state index in [1.807, 2.05) is 42.5 Å². The second-order valence-corrected chi connectivity index (χ2v) is 7.86. The second-order valence-electron chi connectivity index (χ2n) is 7.42. The minimum absolute atomic E-state index is 0.0624. The monoisotopic (exact) mass is 400 g/mol. The molecule has 0 bridgehead atoms. The van der Waals surface area contributed by atoms with E-state index in [0.717, 1.165) is 49.0 Å². The molecule has 2 heterocycles. The van der Waals surface area contributed by atoms with Gasteiger partial charge in [-0.05, 0) is 55.8 Å². The summed E-state index contributed by atoms with van der Waals surface area (Å²) in [4.78, 5) is 14.9. The van der Waals surface area contributed by atoms with Crippen molar-refractivity contribution in [2.75, 3.05) is 26.2 Å². The number of fused-ring (bicyclic) bond motifs is 1. The third kappa shape index (κ3) is 4.78. The number of piperidine rings is 1. The lowest BCUT2D eigenvalue weighted by atomic mass is 9.95. The number of carbonyl (C=O) groups is 1. The van der Waals surface area contributed by atoms with Gasteiger partial charge in [-0.25, -0.2) is 0 Å². The van der Waals surface area contributed by atoms with Gasteiger partial charge in [0.2, 0.25) is 5.91 Å². The number of carbonyl (C=O) groups excluding carboxylic acids is 1. The Morgan fingerprint density at radius 2 is 1.89 bits per heavy atom. The van der Waals surface area contributed by atoms with E-state index in [1.54, 1.807) is 0 Å². The van der Waals surface area contributed by atoms with Gasteiger partial charge in [-0.1, -0.05) is 35.9 Å². The quantitative estimate of drug-likeness (QED) is 0.834. The Labute approximate surface area is 170 Å². The van der Waals surface area contributed by atoms with Crippen molar-refractivity contribution in [2.24, 2.45) is 5.92 Å². The van der Waals surface area contributed by atoms with E-state index < -0.39 is 0 Å². The predicted octanol–water partition coefficient (Wildman–Crippen LogP) is 3.51. The molecule has 1 atom stereocenters. The molecule has 148 valence electrons. The molecule has 0 radical (unpaired) electrons. The van der Waals surface area contributed by atoms with Gasteiger partial charge in [-0.15, -0.1) is 0 Å². The van der Waals surface area contributed by atoms with Crippen LogP contribution in [0.5, 0.6) is 11.5 Å². The SMILES string of the molecule is O=C(NCC1COc2ccccc2O1)C1CCN(Cc2cccc(Cl)c2)CC1. The summed E-state index contributed by atoms with van der Waals surface area (Å²) in [6.07, 6.45) is 1.59. The van der Waals surface area contributed by atoms with Crippen LogP contribution in [0.15, 0.2) is 48.5 Å². The maximum atomic E-state index is 12.6. The van der Waals surface area contributed by atoms with Gasteiger partial charge in [0.1, 0.15) is 12.7 Å². The topological polar surface area (TPSA) is 50.8 Å². The molecule has 2 aromatic rings. The molecule has 1 unspecified atom stereocenters. The molecule has 0 aliphatic carbocycles. The molecule has 6 heteroatoms. The van der Waals surface area contributed by atoms with Crippen LogP contribution in [0.4, 0.5) is 0 Å². The van der Waals surface area contributed by atoms with Gasteiger partial charge < -0.3 is 14.8 Å². The largest absolute Gasteiger partial charge is 0.486 e. The van der Waals surface area contributed by atoms with Crippen molar-refractivity contribution in [3.63, 3.8) is 0 Å². The van der Waals surface area contributed by atoms with Crippen LogP contribution < -0.4 is 14.8 Å². The average molecular weight is 401 g/mol. The molecule has 5 nitrogen and oxygen atoms in total. The van der Waals surface area contributed by atoms with E-state index in [9.17, 15) is 4.79 Å². The number of likely N-dealkylation sites (tertiary alicyclic amines) is 1. The number of rotatable bonds is 5. The zero-order valence-electron chi connectivity index (χ0n) is 15.8. The molecule has 2 aliphatic rings. The number of halogens is 1. The summed E-state index contributed by atoms with van der Waals surface area (Å²) in [5, 5.41) is 3.81. The standard InChI is InChI=1S/C22H25ClN2O3/c23-18-5-3-4-16(12-18)14-25-10-8-17(9-11-25)22(26)24-13-19-15-27-20-6-1-2-7-21(20)28-19/h1-7,12,17,19H,8-11,13-15H2,(H,24,26). The molecule has 1 saturated heterocycles. The van der Waals surface area contributed by atoms with Crippen LogP contribution in [0.25, 0.3) is 0 Å². The maximum Gasteiger partial charge on any atom is 0.223 e. The van der Waals surface area contributed by atoms with Crippen LogP contribution in [0, 0.1) is 5.92 Å². The summed E-state index contributed by atoms with van der Waals surface area (Å²) in [6.45, 7) is 3.63. The van der Waals surface area contributed by atoms with E-state index in [-0.39, 0.29) is 17.9 Å². The first-order chi connectivity index (χ1) is 13.7. The highest BCUT2D eigenvalue weighted by atomic mass is 35.5. The Balaban J connectivity index is 1.20. The highest BCUT2D eigenvalue weighted by Crippen LogP contribution is 2.30. The van der Waals surface area contributed by atoms with Gasteiger partial charge in [-0.3, -0.25) is 9.69 Å². The lowest BCUT2D eigenvalue weighted by Gasteiger charge is -2.32. The van der Waals surface area contributed by atoms with Gasteiger partial charge in [0, 0.05) is 17.5 Å². The fourth-order valence-corrected chi connectivity index (χ4v) is 3.98. The molecule has 28 heavy (non-hydrogen) atoms. The van der Waals surface area contributed by atoms with Crippen LogP contribution in [0.2, 0.25) is 5.02 Å². The van der Waals surface area contributed by atoms with E-state index in [0.29, 0.717) is 13.2 Å². The first-order valence-corrected chi connectivity index (χ1v) is 10.2. The molecule has 1 amide bonds. The summed E-state index contributed by atoms with van der Waals surface area (Å²) in [6, 6.07) is 15.6. The molecule has 0 saturated carbocycles. The maximum absolute atomic E-state index is 12.6. The van der Waals surface area contributed by atoms with Gasteiger partial charge in [0.15, 0.2) is 11.5 Å². The number of amides is 1. The van der Waals surface area contributed by atoms with Gasteiger partial charge >= 0.3 is 0 Å². The summed E-state index contributed by atoms with van der Waals surface area (Å²) in [5.74, 6) is 1.68. The molecule has 2 aromatic carbocycles. The van der Waals surface area contributed by atoms with Crippen molar-refractivity contribution in [3.8, 4) is 11.5 Å². The molecular formula is C22H25ClN2O3. The van der Waals surface area contributed by atoms with Gasteiger partial charge in [-0.2, -0.15) is 0 Å². The van der Waals surface area contributed by atoms with Crippen LogP contribution in [0.3, 0.4) is 0 Å². The van der Waals surface area contributed by atoms with E-state index >= 15 is 0 Å². The summed E-state index contributed by atoms with van der Waals surface area (Å²) in [5.41, 5.74) is 1.21. The van der Waals surface area contributed by atoms with Gasteiger partial charge in [0.25, 0.3) is 0 Å². The normalized spacial score (nSPS) is 20.0. The minimum Gasteiger partial charge on any atom is -0.486 e. The highest BCUT2D eigenvalue weighted by molar-refractivity contribution is 6.30. The van der Waals surface area contributed by atoms with Crippen molar-refractivity contribution in [1.29, 1.82) is 0 Å². The van der Waals surface area contributed by atoms with Crippen molar-refractivity contribution in [2.45, 2.75) is 25.5 Å². The number of ether oxygens (including phenoxy) is 2. The van der Waals surface area contributed by atoms with Crippen molar-refractivity contribution in [1.82, 2.24) is 10.2 Å². The smallest absolute Gasteiger partial charge is 0.223 e. The van der Waals surface area contributed by atoms with Crippen LogP contribution >= 0.6 is 11.6 Å². The highest BCUT2D eigenvalue weighted by Gasteiger charge is 2.27. The third-order valence-corrected chi connectivity index (χ3v) is 5.56. The van der Waals surface area contributed by atoms with Gasteiger partial charge in [0.05, 0.1) is 6.54 Å². The van der Waals surface area contributed by atoms with Crippen molar-refractivity contribution >= 4 is 17.5 Å². The molecular weight excluding hydrogens is 376 g/mol. The predicted molar refractivity (Wildman–Crippen MR) is 109 cm³/mol. The molecule has 0 spiro atoms. The average Bonchev–Trinajstić information content (AvgIpc) is 2.72. The van der Waals surface area contributed by atoms with Crippen LogP contribution in [0.1, 0.15) is 18.4 Å².